The fourth-order valence-electron chi connectivity index (χ4n) is 6.21. The van der Waals surface area contributed by atoms with E-state index in [1.807, 2.05) is 97.1 Å². The molecule has 0 aliphatic heterocycles. The third-order valence-corrected chi connectivity index (χ3v) is 8.95. The van der Waals surface area contributed by atoms with Crippen molar-refractivity contribution in [3.8, 4) is 0 Å². The van der Waals surface area contributed by atoms with Crippen LogP contribution in [0.2, 0.25) is 0 Å². The summed E-state index contributed by atoms with van der Waals surface area (Å²) in [6.07, 6.45) is 0. The third kappa shape index (κ3) is 7.60. The zero-order valence-corrected chi connectivity index (χ0v) is 31.0. The predicted octanol–water partition coefficient (Wildman–Crippen LogP) is 6.47. The van der Waals surface area contributed by atoms with Gasteiger partial charge in [-0.15, -0.1) is 0 Å². The van der Waals surface area contributed by atoms with Crippen LogP contribution >= 0.6 is 0 Å². The van der Waals surface area contributed by atoms with Crippen molar-refractivity contribution < 1.29 is 67.4 Å². The van der Waals surface area contributed by atoms with E-state index in [4.69, 9.17) is 18.6 Å². The number of fused-ring (bicyclic) bond motifs is 4. The van der Waals surface area contributed by atoms with Crippen LogP contribution in [0.1, 0.15) is 41.4 Å². The first-order chi connectivity index (χ1) is 25.8. The first-order valence-corrected chi connectivity index (χ1v) is 16.8. The summed E-state index contributed by atoms with van der Waals surface area (Å²) in [6, 6.07) is 48.6. The maximum absolute atomic E-state index is 14.0. The smallest absolute Gasteiger partial charge is 0.581 e. The van der Waals surface area contributed by atoms with Gasteiger partial charge in [0.05, 0.1) is 22.3 Å². The van der Waals surface area contributed by atoms with Gasteiger partial charge in [0.2, 0.25) is 0 Å². The van der Waals surface area contributed by atoms with E-state index < -0.39 is 30.8 Å². The molecular formula is C44H28BNaO8. The molecule has 0 unspecified atom stereocenters. The van der Waals surface area contributed by atoms with Gasteiger partial charge in [0.1, 0.15) is 0 Å². The van der Waals surface area contributed by atoms with Gasteiger partial charge in [-0.05, 0) is 91.6 Å². The van der Waals surface area contributed by atoms with Crippen molar-refractivity contribution in [3.05, 3.63) is 192 Å². The maximum atomic E-state index is 14.0. The molecule has 8 aromatic carbocycles. The molecule has 8 nitrogen and oxygen atoms in total. The number of carbonyl (C=O) groups excluding carboxylic acids is 4. The van der Waals surface area contributed by atoms with Crippen LogP contribution in [-0.2, 0) is 18.6 Å². The number of hydrogen-bond acceptors (Lipinski definition) is 8. The number of rotatable bonds is 8. The molecule has 256 valence electrons. The van der Waals surface area contributed by atoms with E-state index in [9.17, 15) is 19.2 Å². The molecule has 0 aliphatic rings. The summed E-state index contributed by atoms with van der Waals surface area (Å²) in [5.74, 6) is -4.28. The summed E-state index contributed by atoms with van der Waals surface area (Å²) >= 11 is 0. The summed E-state index contributed by atoms with van der Waals surface area (Å²) < 4.78 is 23.2. The average molecular weight is 719 g/mol. The first kappa shape index (κ1) is 36.1. The van der Waals surface area contributed by atoms with Crippen LogP contribution in [0.25, 0.3) is 43.1 Å². The molecule has 0 radical (unpaired) electrons. The fourth-order valence-corrected chi connectivity index (χ4v) is 6.21. The third-order valence-electron chi connectivity index (χ3n) is 8.95. The van der Waals surface area contributed by atoms with Gasteiger partial charge in [0.15, 0.2) is 0 Å². The number of carbonyl (C=O) groups is 4. The van der Waals surface area contributed by atoms with E-state index in [1.54, 1.807) is 48.5 Å². The van der Waals surface area contributed by atoms with Crippen molar-refractivity contribution >= 4 is 73.9 Å². The van der Waals surface area contributed by atoms with Crippen molar-refractivity contribution in [1.29, 1.82) is 0 Å². The van der Waals surface area contributed by atoms with Crippen molar-refractivity contribution in [3.63, 3.8) is 0 Å². The Morgan fingerprint density at radius 2 is 0.500 bits per heavy atom. The minimum Gasteiger partial charge on any atom is -0.581 e. The summed E-state index contributed by atoms with van der Waals surface area (Å²) in [4.78, 5) is 56.0. The molecule has 8 rings (SSSR count). The Balaban J connectivity index is 0.00000450. The van der Waals surface area contributed by atoms with Gasteiger partial charge >= 0.3 is 36.5 Å². The molecule has 0 saturated heterocycles. The monoisotopic (exact) mass is 718 g/mol. The average Bonchev–Trinajstić information content (AvgIpc) is 3.19. The topological polar surface area (TPSA) is 105 Å². The second-order valence-electron chi connectivity index (χ2n) is 12.4. The molecule has 0 bridgehead atoms. The molecule has 0 saturated carbocycles. The Morgan fingerprint density at radius 1 is 0.296 bits per heavy atom. The molecular weight excluding hydrogens is 690 g/mol. The van der Waals surface area contributed by atoms with Gasteiger partial charge in [-0.25, -0.2) is 0 Å². The molecule has 0 N–H and O–H groups in total. The molecule has 0 fully saturated rings. The van der Waals surface area contributed by atoms with Crippen LogP contribution in [0, 0.1) is 0 Å². The van der Waals surface area contributed by atoms with Crippen molar-refractivity contribution in [2.75, 3.05) is 0 Å². The van der Waals surface area contributed by atoms with E-state index >= 15 is 0 Å². The summed E-state index contributed by atoms with van der Waals surface area (Å²) in [5, 5.41) is 6.29. The van der Waals surface area contributed by atoms with Gasteiger partial charge < -0.3 is 18.6 Å². The van der Waals surface area contributed by atoms with Crippen LogP contribution in [0.5, 0.6) is 0 Å². The minimum atomic E-state index is -4.28. The van der Waals surface area contributed by atoms with E-state index in [2.05, 4.69) is 0 Å². The molecule has 10 heteroatoms. The summed E-state index contributed by atoms with van der Waals surface area (Å²) in [5.41, 5.74) is 0.112. The van der Waals surface area contributed by atoms with Crippen molar-refractivity contribution in [2.45, 2.75) is 0 Å². The Morgan fingerprint density at radius 3 is 0.722 bits per heavy atom. The van der Waals surface area contributed by atoms with E-state index in [0.29, 0.717) is 0 Å². The zero-order valence-electron chi connectivity index (χ0n) is 29.0. The van der Waals surface area contributed by atoms with Gasteiger partial charge in [0.25, 0.3) is 23.9 Å². The second kappa shape index (κ2) is 15.4. The first-order valence-electron chi connectivity index (χ1n) is 16.8. The van der Waals surface area contributed by atoms with Crippen LogP contribution in [0.4, 0.5) is 0 Å². The Hall–Kier alpha value is -6.26. The van der Waals surface area contributed by atoms with E-state index in [0.717, 1.165) is 43.1 Å². The maximum Gasteiger partial charge on any atom is 1.00 e. The largest absolute Gasteiger partial charge is 1.00 e. The minimum absolute atomic E-state index is 0. The van der Waals surface area contributed by atoms with Crippen molar-refractivity contribution in [1.82, 2.24) is 0 Å². The Labute approximate surface area is 331 Å². The van der Waals surface area contributed by atoms with Gasteiger partial charge in [-0.3, -0.25) is 19.2 Å². The van der Waals surface area contributed by atoms with Crippen LogP contribution in [-0.4, -0.2) is 30.8 Å². The number of benzene rings is 8. The second-order valence-corrected chi connectivity index (χ2v) is 12.4. The van der Waals surface area contributed by atoms with E-state index in [-0.39, 0.29) is 51.8 Å². The SMILES string of the molecule is O=C(O[B-](OC(=O)c1ccc2ccccc2c1)(OC(=O)c1ccc2ccccc2c1)OC(=O)c1ccc2ccccc2c1)c1ccc2ccccc2c1.[Na+]. The van der Waals surface area contributed by atoms with Gasteiger partial charge in [-0.2, -0.15) is 0 Å². The summed E-state index contributed by atoms with van der Waals surface area (Å²) in [6.45, 7) is -4.28. The van der Waals surface area contributed by atoms with E-state index in [1.165, 1.54) is 24.3 Å². The molecule has 0 aromatic heterocycles. The Bertz CT molecular complexity index is 2370. The number of hydrogen-bond donors (Lipinski definition) is 0. The molecule has 54 heavy (non-hydrogen) atoms. The van der Waals surface area contributed by atoms with Crippen LogP contribution < -0.4 is 29.6 Å². The quantitative estimate of drug-likeness (QED) is 0.165. The molecule has 0 heterocycles. The molecule has 0 amide bonds. The molecule has 8 aromatic rings. The predicted molar refractivity (Wildman–Crippen MR) is 203 cm³/mol. The molecule has 0 atom stereocenters. The normalized spacial score (nSPS) is 11.1. The van der Waals surface area contributed by atoms with Gasteiger partial charge in [0, 0.05) is 0 Å². The van der Waals surface area contributed by atoms with Gasteiger partial charge in [-0.1, -0.05) is 121 Å². The van der Waals surface area contributed by atoms with Crippen molar-refractivity contribution in [2.24, 2.45) is 0 Å². The Kier molecular flexibility index (Phi) is 10.3. The summed E-state index contributed by atoms with van der Waals surface area (Å²) in [7, 11) is 0. The zero-order chi connectivity index (χ0) is 36.4. The molecule has 0 aliphatic carbocycles. The fraction of sp³-hybridized carbons (Fsp3) is 0. The van der Waals surface area contributed by atoms with Crippen LogP contribution in [0.15, 0.2) is 170 Å². The molecule has 0 spiro atoms. The van der Waals surface area contributed by atoms with Crippen LogP contribution in [0.3, 0.4) is 0 Å². The standard InChI is InChI=1S/C44H28BO8.Na/c46-41(37-21-17-29-9-1-5-13-33(29)25-37)50-45(51-42(47)38-22-18-30-10-2-6-14-34(30)26-38,52-43(48)39-23-19-31-11-3-7-15-35(31)27-39)53-44(49)40-24-20-32-12-4-8-16-36(32)28-40;/h1-28H;/q-1;+1.